The molecular formula is C21H23F3N8. The van der Waals surface area contributed by atoms with Crippen LogP contribution in [-0.4, -0.2) is 34.5 Å². The monoisotopic (exact) mass is 444 g/mol. The van der Waals surface area contributed by atoms with Gasteiger partial charge in [-0.1, -0.05) is 0 Å². The first kappa shape index (κ1) is 19.7. The summed E-state index contributed by atoms with van der Waals surface area (Å²) in [7, 11) is 1.88. The van der Waals surface area contributed by atoms with Gasteiger partial charge in [0.2, 0.25) is 5.95 Å². The first-order valence-corrected chi connectivity index (χ1v) is 10.9. The van der Waals surface area contributed by atoms with Crippen molar-refractivity contribution < 1.29 is 13.2 Å². The molecule has 168 valence electrons. The van der Waals surface area contributed by atoms with Crippen LogP contribution in [0.3, 0.4) is 0 Å². The Kier molecular flexibility index (Phi) is 4.16. The molecular weight excluding hydrogens is 421 g/mol. The molecule has 4 atom stereocenters. The molecule has 0 spiro atoms. The van der Waals surface area contributed by atoms with Gasteiger partial charge in [0.05, 0.1) is 28.7 Å². The summed E-state index contributed by atoms with van der Waals surface area (Å²) in [5.74, 6) is 2.60. The smallest absolute Gasteiger partial charge is 0.321 e. The van der Waals surface area contributed by atoms with Crippen molar-refractivity contribution >= 4 is 11.6 Å². The molecule has 0 amide bonds. The lowest BCUT2D eigenvalue weighted by Crippen LogP contribution is -2.12. The summed E-state index contributed by atoms with van der Waals surface area (Å²) in [6.07, 6.45) is 3.62. The van der Waals surface area contributed by atoms with Crippen molar-refractivity contribution in [3.8, 4) is 0 Å². The molecule has 3 heterocycles. The van der Waals surface area contributed by atoms with Gasteiger partial charge in [0.15, 0.2) is 5.82 Å². The fourth-order valence-electron chi connectivity index (χ4n) is 5.17. The Morgan fingerprint density at radius 1 is 1.09 bits per heavy atom. The molecule has 3 saturated carbocycles. The fourth-order valence-corrected chi connectivity index (χ4v) is 5.17. The van der Waals surface area contributed by atoms with E-state index in [0.717, 1.165) is 49.1 Å². The number of nitrogens with zero attached hydrogens (tertiary/aromatic N) is 7. The van der Waals surface area contributed by atoms with Crippen LogP contribution in [0, 0.1) is 18.8 Å². The van der Waals surface area contributed by atoms with E-state index < -0.39 is 11.7 Å². The highest BCUT2D eigenvalue weighted by Crippen LogP contribution is 2.65. The van der Waals surface area contributed by atoms with E-state index in [1.165, 1.54) is 0 Å². The van der Waals surface area contributed by atoms with Crippen molar-refractivity contribution in [3.63, 3.8) is 0 Å². The van der Waals surface area contributed by atoms with Gasteiger partial charge in [0, 0.05) is 31.3 Å². The molecule has 3 aliphatic carbocycles. The minimum atomic E-state index is -4.44. The maximum Gasteiger partial charge on any atom is 0.419 e. The minimum absolute atomic E-state index is 0.0881. The highest BCUT2D eigenvalue weighted by Gasteiger charge is 2.58. The average molecular weight is 444 g/mol. The quantitative estimate of drug-likeness (QED) is 0.637. The van der Waals surface area contributed by atoms with Crippen LogP contribution < -0.4 is 5.32 Å². The van der Waals surface area contributed by atoms with Crippen molar-refractivity contribution in [1.82, 2.24) is 34.5 Å². The predicted molar refractivity (Wildman–Crippen MR) is 108 cm³/mol. The average Bonchev–Trinajstić information content (AvgIpc) is 3.56. The SMILES string of the molecule is Cc1nn([C@H]2C[C@@H]3[C@H](C2)[C@@H]3c2ncn(C)n2)cc1Nc1ncc(C(F)(F)F)c(C2CC2)n1. The molecule has 3 aliphatic rings. The number of aryl methyl sites for hydroxylation is 2. The third-order valence-corrected chi connectivity index (χ3v) is 6.96. The summed E-state index contributed by atoms with van der Waals surface area (Å²) in [5, 5.41) is 12.2. The standard InChI is InChI=1S/C21H23F3N8/c1-10-16(27-20-25-7-15(21(22,23)24)18(28-20)11-3-4-11)8-32(29-10)12-5-13-14(6-12)17(13)19-26-9-31(2)30-19/h7-9,11-14,17H,3-6H2,1-2H3,(H,25,27,28)/t12-,13+,14-,17+. The van der Waals surface area contributed by atoms with Crippen LogP contribution in [0.1, 0.15) is 66.3 Å². The zero-order valence-electron chi connectivity index (χ0n) is 17.7. The van der Waals surface area contributed by atoms with Gasteiger partial charge in [-0.2, -0.15) is 23.4 Å². The summed E-state index contributed by atoms with van der Waals surface area (Å²) in [4.78, 5) is 12.5. The Labute approximate surface area is 182 Å². The summed E-state index contributed by atoms with van der Waals surface area (Å²) in [6.45, 7) is 1.88. The maximum absolute atomic E-state index is 13.3. The molecule has 0 saturated heterocycles. The Balaban J connectivity index is 1.17. The molecule has 0 aromatic carbocycles. The maximum atomic E-state index is 13.3. The molecule has 0 radical (unpaired) electrons. The summed E-state index contributed by atoms with van der Waals surface area (Å²) in [6, 6.07) is 0.301. The van der Waals surface area contributed by atoms with E-state index in [4.69, 9.17) is 0 Å². The van der Waals surface area contributed by atoms with Crippen molar-refractivity contribution in [3.05, 3.63) is 41.5 Å². The van der Waals surface area contributed by atoms with Gasteiger partial charge in [-0.05, 0) is 44.4 Å². The van der Waals surface area contributed by atoms with Crippen LogP contribution in [0.25, 0.3) is 0 Å². The summed E-state index contributed by atoms with van der Waals surface area (Å²) >= 11 is 0. The van der Waals surface area contributed by atoms with Crippen molar-refractivity contribution in [2.75, 3.05) is 5.32 Å². The number of fused-ring (bicyclic) bond motifs is 1. The first-order chi connectivity index (χ1) is 15.3. The van der Waals surface area contributed by atoms with E-state index in [2.05, 4.69) is 30.5 Å². The number of halogens is 3. The number of hydrogen-bond donors (Lipinski definition) is 1. The first-order valence-electron chi connectivity index (χ1n) is 10.9. The topological polar surface area (TPSA) is 86.3 Å². The summed E-state index contributed by atoms with van der Waals surface area (Å²) < 4.78 is 43.6. The number of aromatic nitrogens is 7. The van der Waals surface area contributed by atoms with Gasteiger partial charge < -0.3 is 5.32 Å². The molecule has 8 nitrogen and oxygen atoms in total. The molecule has 0 aliphatic heterocycles. The molecule has 0 unspecified atom stereocenters. The number of hydrogen-bond acceptors (Lipinski definition) is 6. The van der Waals surface area contributed by atoms with Crippen LogP contribution in [0.15, 0.2) is 18.7 Å². The normalized spacial score (nSPS) is 26.9. The highest BCUT2D eigenvalue weighted by molar-refractivity contribution is 5.55. The van der Waals surface area contributed by atoms with E-state index in [-0.39, 0.29) is 17.6 Å². The molecule has 3 aromatic rings. The van der Waals surface area contributed by atoms with E-state index in [9.17, 15) is 13.2 Å². The van der Waals surface area contributed by atoms with Gasteiger partial charge >= 0.3 is 6.18 Å². The molecule has 11 heteroatoms. The lowest BCUT2D eigenvalue weighted by atomic mass is 10.1. The molecule has 3 aromatic heterocycles. The van der Waals surface area contributed by atoms with E-state index in [1.807, 2.05) is 24.9 Å². The van der Waals surface area contributed by atoms with Crippen molar-refractivity contribution in [2.24, 2.45) is 18.9 Å². The second-order valence-corrected chi connectivity index (χ2v) is 9.25. The second kappa shape index (κ2) is 6.76. The van der Waals surface area contributed by atoms with Crippen LogP contribution in [-0.2, 0) is 13.2 Å². The van der Waals surface area contributed by atoms with E-state index >= 15 is 0 Å². The Morgan fingerprint density at radius 2 is 1.84 bits per heavy atom. The van der Waals surface area contributed by atoms with Gasteiger partial charge in [-0.15, -0.1) is 0 Å². The number of rotatable bonds is 5. The van der Waals surface area contributed by atoms with Crippen molar-refractivity contribution in [1.29, 1.82) is 0 Å². The minimum Gasteiger partial charge on any atom is -0.321 e. The highest BCUT2D eigenvalue weighted by atomic mass is 19.4. The molecule has 0 bridgehead atoms. The van der Waals surface area contributed by atoms with E-state index in [1.54, 1.807) is 11.0 Å². The van der Waals surface area contributed by atoms with Crippen LogP contribution >= 0.6 is 0 Å². The van der Waals surface area contributed by atoms with Gasteiger partial charge in [0.25, 0.3) is 0 Å². The Morgan fingerprint density at radius 3 is 2.47 bits per heavy atom. The third kappa shape index (κ3) is 3.34. The molecule has 1 N–H and O–H groups in total. The zero-order valence-corrected chi connectivity index (χ0v) is 17.7. The number of alkyl halides is 3. The third-order valence-electron chi connectivity index (χ3n) is 6.96. The second-order valence-electron chi connectivity index (χ2n) is 9.25. The van der Waals surface area contributed by atoms with Gasteiger partial charge in [-0.25, -0.2) is 15.0 Å². The fraction of sp³-hybridized carbons (Fsp3) is 0.571. The van der Waals surface area contributed by atoms with Gasteiger partial charge in [-0.3, -0.25) is 9.36 Å². The summed E-state index contributed by atoms with van der Waals surface area (Å²) in [5.41, 5.74) is 0.838. The molecule has 6 rings (SSSR count). The Hall–Kier alpha value is -2.98. The van der Waals surface area contributed by atoms with E-state index in [0.29, 0.717) is 23.8 Å². The lowest BCUT2D eigenvalue weighted by molar-refractivity contribution is -0.138. The van der Waals surface area contributed by atoms with Crippen LogP contribution in [0.5, 0.6) is 0 Å². The van der Waals surface area contributed by atoms with Crippen molar-refractivity contribution in [2.45, 2.75) is 56.7 Å². The number of nitrogens with one attached hydrogen (secondary N) is 1. The van der Waals surface area contributed by atoms with Crippen LogP contribution in [0.2, 0.25) is 0 Å². The van der Waals surface area contributed by atoms with Gasteiger partial charge in [0.1, 0.15) is 6.33 Å². The predicted octanol–water partition coefficient (Wildman–Crippen LogP) is 4.11. The zero-order chi connectivity index (χ0) is 22.2. The Bertz CT molecular complexity index is 1170. The molecule has 32 heavy (non-hydrogen) atoms. The van der Waals surface area contributed by atoms with Crippen LogP contribution in [0.4, 0.5) is 24.8 Å². The number of anilines is 2. The molecule has 3 fully saturated rings. The lowest BCUT2D eigenvalue weighted by Gasteiger charge is -2.14. The largest absolute Gasteiger partial charge is 0.419 e.